The van der Waals surface area contributed by atoms with Crippen LogP contribution >= 0.6 is 0 Å². The number of para-hydroxylation sites is 1. The van der Waals surface area contributed by atoms with Gasteiger partial charge in [-0.1, -0.05) is 18.2 Å². The number of amides is 1. The average molecular weight is 492 g/mol. The van der Waals surface area contributed by atoms with Gasteiger partial charge in [-0.05, 0) is 18.2 Å². The number of rotatable bonds is 3. The van der Waals surface area contributed by atoms with E-state index in [9.17, 15) is 18.0 Å². The van der Waals surface area contributed by atoms with E-state index in [0.717, 1.165) is 29.4 Å². The highest BCUT2D eigenvalue weighted by molar-refractivity contribution is 5.90. The van der Waals surface area contributed by atoms with Crippen LogP contribution in [0.3, 0.4) is 0 Å². The number of H-pyrrole nitrogens is 1. The topological polar surface area (TPSA) is 127 Å². The highest BCUT2D eigenvalue weighted by Crippen LogP contribution is 2.34. The van der Waals surface area contributed by atoms with Crippen molar-refractivity contribution in [3.05, 3.63) is 83.8 Å². The summed E-state index contributed by atoms with van der Waals surface area (Å²) in [5.74, 6) is -0.972. The van der Waals surface area contributed by atoms with Crippen molar-refractivity contribution >= 4 is 16.8 Å². The Morgan fingerprint density at radius 1 is 1.11 bits per heavy atom. The van der Waals surface area contributed by atoms with Crippen molar-refractivity contribution < 1.29 is 22.4 Å². The lowest BCUT2D eigenvalue weighted by molar-refractivity contribution is -0.137. The number of alkyl halides is 3. The van der Waals surface area contributed by atoms with Crippen molar-refractivity contribution in [1.29, 1.82) is 0 Å². The Hall–Kier alpha value is -4.68. The zero-order valence-corrected chi connectivity index (χ0v) is 18.3. The smallest absolute Gasteiger partial charge is 0.411 e. The van der Waals surface area contributed by atoms with Gasteiger partial charge in [0.2, 0.25) is 0 Å². The molecule has 5 heterocycles. The summed E-state index contributed by atoms with van der Waals surface area (Å²) in [4.78, 5) is 35.4. The fourth-order valence-corrected chi connectivity index (χ4v) is 4.13. The second kappa shape index (κ2) is 8.22. The summed E-state index contributed by atoms with van der Waals surface area (Å²) in [6, 6.07) is 8.32. The number of imidazole rings is 1. The van der Waals surface area contributed by atoms with Crippen molar-refractivity contribution in [2.45, 2.75) is 18.6 Å². The second-order valence-corrected chi connectivity index (χ2v) is 8.04. The minimum absolute atomic E-state index is 0.195. The third-order valence-electron chi connectivity index (χ3n) is 5.85. The maximum Gasteiger partial charge on any atom is 0.416 e. The van der Waals surface area contributed by atoms with Gasteiger partial charge in [-0.25, -0.2) is 15.0 Å². The number of hydrogen-bond acceptors (Lipinski definition) is 8. The molecule has 36 heavy (non-hydrogen) atoms. The summed E-state index contributed by atoms with van der Waals surface area (Å²) in [7, 11) is 0. The molecular weight excluding hydrogens is 477 g/mol. The predicted octanol–water partition coefficient (Wildman–Crippen LogP) is 3.60. The number of carbonyl (C=O) groups excluding carboxylic acids is 1. The first-order chi connectivity index (χ1) is 17.4. The van der Waals surface area contributed by atoms with Gasteiger partial charge in [0.05, 0.1) is 23.1 Å². The number of fused-ring (bicyclic) bond motifs is 2. The molecule has 6 rings (SSSR count). The molecule has 0 bridgehead atoms. The minimum Gasteiger partial charge on any atom is -0.411 e. The molecule has 0 saturated heterocycles. The Morgan fingerprint density at radius 3 is 2.83 bits per heavy atom. The van der Waals surface area contributed by atoms with E-state index < -0.39 is 29.6 Å². The SMILES string of the molecule is O=C(c1nnc(-c2cc(C(F)(F)F)ccn2)o1)N1CCc2[nH]cnc2[C@H]1c1ncc2ccccc2n1. The Morgan fingerprint density at radius 2 is 1.97 bits per heavy atom. The van der Waals surface area contributed by atoms with Gasteiger partial charge in [-0.3, -0.25) is 9.78 Å². The number of halogens is 3. The highest BCUT2D eigenvalue weighted by Gasteiger charge is 2.38. The van der Waals surface area contributed by atoms with Crippen LogP contribution in [0.25, 0.3) is 22.5 Å². The second-order valence-electron chi connectivity index (χ2n) is 8.04. The molecule has 10 nitrogen and oxygen atoms in total. The maximum atomic E-state index is 13.5. The van der Waals surface area contributed by atoms with Crippen molar-refractivity contribution in [3.63, 3.8) is 0 Å². The third-order valence-corrected chi connectivity index (χ3v) is 5.85. The monoisotopic (exact) mass is 492 g/mol. The number of pyridine rings is 1. The number of hydrogen-bond donors (Lipinski definition) is 1. The molecule has 1 N–H and O–H groups in total. The van der Waals surface area contributed by atoms with E-state index in [1.54, 1.807) is 6.20 Å². The van der Waals surface area contributed by atoms with E-state index in [4.69, 9.17) is 4.42 Å². The first-order valence-corrected chi connectivity index (χ1v) is 10.8. The van der Waals surface area contributed by atoms with Gasteiger partial charge < -0.3 is 14.3 Å². The summed E-state index contributed by atoms with van der Waals surface area (Å²) in [5, 5.41) is 8.37. The highest BCUT2D eigenvalue weighted by atomic mass is 19.4. The quantitative estimate of drug-likeness (QED) is 0.405. The van der Waals surface area contributed by atoms with Crippen LogP contribution in [0.4, 0.5) is 13.2 Å². The molecule has 0 spiro atoms. The van der Waals surface area contributed by atoms with Gasteiger partial charge in [0, 0.05) is 36.4 Å². The molecule has 180 valence electrons. The number of carbonyl (C=O) groups is 1. The van der Waals surface area contributed by atoms with Gasteiger partial charge in [-0.2, -0.15) is 13.2 Å². The van der Waals surface area contributed by atoms with Crippen LogP contribution in [-0.2, 0) is 12.6 Å². The Bertz CT molecular complexity index is 1600. The predicted molar refractivity (Wildman–Crippen MR) is 117 cm³/mol. The molecule has 1 aliphatic rings. The van der Waals surface area contributed by atoms with Gasteiger partial charge in [-0.15, -0.1) is 10.2 Å². The molecule has 0 unspecified atom stereocenters. The van der Waals surface area contributed by atoms with E-state index in [2.05, 4.69) is 35.1 Å². The summed E-state index contributed by atoms with van der Waals surface area (Å²) in [5.41, 5.74) is 1.02. The molecule has 0 fully saturated rings. The van der Waals surface area contributed by atoms with Crippen LogP contribution in [0.1, 0.15) is 39.5 Å². The average Bonchev–Trinajstić information content (AvgIpc) is 3.57. The van der Waals surface area contributed by atoms with Crippen LogP contribution in [0.15, 0.2) is 59.5 Å². The number of nitrogens with zero attached hydrogens (tertiary/aromatic N) is 7. The number of aromatic amines is 1. The van der Waals surface area contributed by atoms with Crippen LogP contribution < -0.4 is 0 Å². The van der Waals surface area contributed by atoms with E-state index in [0.29, 0.717) is 23.5 Å². The van der Waals surface area contributed by atoms with Crippen LogP contribution in [0.5, 0.6) is 0 Å². The largest absolute Gasteiger partial charge is 0.416 e. The summed E-state index contributed by atoms with van der Waals surface area (Å²) in [6.45, 7) is 0.272. The fraction of sp³-hybridized carbons (Fsp3) is 0.174. The molecule has 0 saturated carbocycles. The van der Waals surface area contributed by atoms with Crippen molar-refractivity contribution in [3.8, 4) is 11.6 Å². The van der Waals surface area contributed by atoms with Gasteiger partial charge in [0.1, 0.15) is 11.7 Å². The molecule has 1 aliphatic heterocycles. The minimum atomic E-state index is -4.57. The Balaban J connectivity index is 1.36. The fourth-order valence-electron chi connectivity index (χ4n) is 4.13. The molecule has 1 aromatic carbocycles. The van der Waals surface area contributed by atoms with E-state index in [-0.39, 0.29) is 18.1 Å². The summed E-state index contributed by atoms with van der Waals surface area (Å²) >= 11 is 0. The zero-order valence-electron chi connectivity index (χ0n) is 18.3. The number of aromatic nitrogens is 7. The van der Waals surface area contributed by atoms with Crippen LogP contribution in [0.2, 0.25) is 0 Å². The summed E-state index contributed by atoms with van der Waals surface area (Å²) < 4.78 is 44.7. The number of benzene rings is 1. The molecule has 5 aromatic rings. The van der Waals surface area contributed by atoms with E-state index >= 15 is 0 Å². The lowest BCUT2D eigenvalue weighted by atomic mass is 10.0. The molecule has 0 aliphatic carbocycles. The first-order valence-electron chi connectivity index (χ1n) is 10.8. The normalized spacial score (nSPS) is 15.8. The standard InChI is InChI=1S/C23H15F3N8O2/c24-23(25,26)13-5-7-27-16(9-13)20-32-33-21(36-20)22(35)34-8-6-15-17(30-11-29-15)18(34)19-28-10-12-3-1-2-4-14(12)31-19/h1-5,7,9-11,18H,6,8H2,(H,29,30)/t18-/m0/s1. The summed E-state index contributed by atoms with van der Waals surface area (Å²) in [6.07, 6.45) is 0.114. The van der Waals surface area contributed by atoms with E-state index in [1.807, 2.05) is 24.3 Å². The lowest BCUT2D eigenvalue weighted by Gasteiger charge is -2.32. The van der Waals surface area contributed by atoms with Crippen molar-refractivity contribution in [1.82, 2.24) is 40.0 Å². The van der Waals surface area contributed by atoms with E-state index in [1.165, 1.54) is 11.2 Å². The molecule has 4 aromatic heterocycles. The number of nitrogens with one attached hydrogen (secondary N) is 1. The Kier molecular flexibility index (Phi) is 4.98. The van der Waals surface area contributed by atoms with Crippen molar-refractivity contribution in [2.75, 3.05) is 6.54 Å². The molecule has 13 heteroatoms. The van der Waals surface area contributed by atoms with Crippen molar-refractivity contribution in [2.24, 2.45) is 0 Å². The van der Waals surface area contributed by atoms with Gasteiger partial charge in [0.15, 0.2) is 5.82 Å². The van der Waals surface area contributed by atoms with Gasteiger partial charge >= 0.3 is 18.0 Å². The molecule has 1 amide bonds. The third kappa shape index (κ3) is 3.74. The van der Waals surface area contributed by atoms with Gasteiger partial charge in [0.25, 0.3) is 5.89 Å². The van der Waals surface area contributed by atoms with Crippen LogP contribution in [0, 0.1) is 0 Å². The maximum absolute atomic E-state index is 13.5. The first kappa shape index (κ1) is 21.8. The Labute approximate surface area is 200 Å². The lowest BCUT2D eigenvalue weighted by Crippen LogP contribution is -2.41. The zero-order chi connectivity index (χ0) is 24.9. The molecular formula is C23H15F3N8O2. The van der Waals surface area contributed by atoms with Crippen LogP contribution in [-0.4, -0.2) is 52.5 Å². The molecule has 0 radical (unpaired) electrons. The molecule has 1 atom stereocenters.